The first-order valence-corrected chi connectivity index (χ1v) is 5.86. The van der Waals surface area contributed by atoms with Crippen molar-refractivity contribution in [1.82, 2.24) is 4.98 Å². The average molecular weight is 320 g/mol. The van der Waals surface area contributed by atoms with Gasteiger partial charge in [0.05, 0.1) is 0 Å². The first-order chi connectivity index (χ1) is 6.66. The minimum atomic E-state index is 0.111. The molecule has 0 bridgehead atoms. The van der Waals surface area contributed by atoms with Gasteiger partial charge < -0.3 is 0 Å². The first kappa shape index (κ1) is 10.2. The highest BCUT2D eigenvalue weighted by molar-refractivity contribution is 14.1. The molecule has 14 heavy (non-hydrogen) atoms. The molecule has 0 saturated carbocycles. The summed E-state index contributed by atoms with van der Waals surface area (Å²) in [6, 6.07) is 3.81. The molecule has 1 aliphatic heterocycles. The molecular weight excluding hydrogens is 311 g/mol. The van der Waals surface area contributed by atoms with Crippen LogP contribution in [0.5, 0.6) is 0 Å². The van der Waals surface area contributed by atoms with Crippen LogP contribution in [-0.2, 0) is 4.79 Å². The molecule has 2 rings (SSSR count). The maximum absolute atomic E-state index is 11.5. The molecule has 0 N–H and O–H groups in total. The smallest absolute Gasteiger partial charge is 0.229 e. The van der Waals surface area contributed by atoms with Crippen LogP contribution in [0.15, 0.2) is 18.3 Å². The van der Waals surface area contributed by atoms with E-state index < -0.39 is 0 Å². The van der Waals surface area contributed by atoms with Gasteiger partial charge in [-0.1, -0.05) is 0 Å². The van der Waals surface area contributed by atoms with E-state index in [1.807, 2.05) is 12.1 Å². The van der Waals surface area contributed by atoms with Gasteiger partial charge in [-0.2, -0.15) is 12.6 Å². The zero-order valence-electron chi connectivity index (χ0n) is 7.35. The Balaban J connectivity index is 2.27. The van der Waals surface area contributed by atoms with E-state index in [0.717, 1.165) is 9.39 Å². The third-order valence-electron chi connectivity index (χ3n) is 2.09. The lowest BCUT2D eigenvalue weighted by molar-refractivity contribution is -0.117. The zero-order chi connectivity index (χ0) is 10.1. The number of pyridine rings is 1. The van der Waals surface area contributed by atoms with Crippen molar-refractivity contribution in [3.8, 4) is 0 Å². The number of hydrogen-bond acceptors (Lipinski definition) is 3. The molecule has 5 heteroatoms. The maximum Gasteiger partial charge on any atom is 0.229 e. The highest BCUT2D eigenvalue weighted by Crippen LogP contribution is 2.22. The fourth-order valence-electron chi connectivity index (χ4n) is 1.45. The monoisotopic (exact) mass is 320 g/mol. The van der Waals surface area contributed by atoms with Crippen LogP contribution in [0.2, 0.25) is 0 Å². The Morgan fingerprint density at radius 3 is 3.00 bits per heavy atom. The standard InChI is InChI=1S/C9H9IN2OS/c10-6-1-2-11-8(3-6)12-5-7(14)4-9(12)13/h1-3,7,14H,4-5H2. The summed E-state index contributed by atoms with van der Waals surface area (Å²) in [5, 5.41) is 0.141. The predicted molar refractivity (Wildman–Crippen MR) is 66.7 cm³/mol. The molecule has 0 aromatic carbocycles. The van der Waals surface area contributed by atoms with E-state index in [2.05, 4.69) is 40.2 Å². The highest BCUT2D eigenvalue weighted by atomic mass is 127. The van der Waals surface area contributed by atoms with Crippen LogP contribution in [0.1, 0.15) is 6.42 Å². The normalized spacial score (nSPS) is 21.7. The molecule has 1 fully saturated rings. The Labute approximate surface area is 101 Å². The van der Waals surface area contributed by atoms with Gasteiger partial charge in [0.15, 0.2) is 0 Å². The van der Waals surface area contributed by atoms with Crippen molar-refractivity contribution >= 4 is 46.9 Å². The van der Waals surface area contributed by atoms with Crippen molar-refractivity contribution in [2.24, 2.45) is 0 Å². The molecule has 1 saturated heterocycles. The summed E-state index contributed by atoms with van der Waals surface area (Å²) in [4.78, 5) is 17.4. The van der Waals surface area contributed by atoms with Gasteiger partial charge in [0.2, 0.25) is 5.91 Å². The topological polar surface area (TPSA) is 33.2 Å². The molecule has 3 nitrogen and oxygen atoms in total. The molecule has 0 aliphatic carbocycles. The molecule has 74 valence electrons. The van der Waals surface area contributed by atoms with Gasteiger partial charge >= 0.3 is 0 Å². The second-order valence-electron chi connectivity index (χ2n) is 3.19. The number of carbonyl (C=O) groups is 1. The molecule has 1 aromatic rings. The molecule has 0 radical (unpaired) electrons. The maximum atomic E-state index is 11.5. The number of hydrogen-bond donors (Lipinski definition) is 1. The van der Waals surface area contributed by atoms with Crippen LogP contribution in [0.3, 0.4) is 0 Å². The summed E-state index contributed by atoms with van der Waals surface area (Å²) in [5.41, 5.74) is 0. The molecule has 2 heterocycles. The number of thiol groups is 1. The van der Waals surface area contributed by atoms with Gasteiger partial charge in [-0.15, -0.1) is 0 Å². The van der Waals surface area contributed by atoms with Crippen molar-refractivity contribution in [2.45, 2.75) is 11.7 Å². The summed E-state index contributed by atoms with van der Waals surface area (Å²) >= 11 is 6.50. The summed E-state index contributed by atoms with van der Waals surface area (Å²) in [6.07, 6.45) is 2.23. The fourth-order valence-corrected chi connectivity index (χ4v) is 2.21. The predicted octanol–water partition coefficient (Wildman–Crippen LogP) is 1.72. The Bertz CT molecular complexity index is 372. The largest absolute Gasteiger partial charge is 0.296 e. The quantitative estimate of drug-likeness (QED) is 0.631. The van der Waals surface area contributed by atoms with Gasteiger partial charge in [-0.25, -0.2) is 4.98 Å². The lowest BCUT2D eigenvalue weighted by Gasteiger charge is -2.14. The zero-order valence-corrected chi connectivity index (χ0v) is 10.4. The van der Waals surface area contributed by atoms with E-state index >= 15 is 0 Å². The summed E-state index contributed by atoms with van der Waals surface area (Å²) < 4.78 is 1.09. The molecule has 1 aliphatic rings. The number of anilines is 1. The van der Waals surface area contributed by atoms with E-state index in [4.69, 9.17) is 0 Å². The highest BCUT2D eigenvalue weighted by Gasteiger charge is 2.28. The second-order valence-corrected chi connectivity index (χ2v) is 5.17. The Hall–Kier alpha value is -0.300. The Morgan fingerprint density at radius 1 is 1.64 bits per heavy atom. The number of nitrogens with zero attached hydrogens (tertiary/aromatic N) is 2. The van der Waals surface area contributed by atoms with Gasteiger partial charge in [-0.3, -0.25) is 9.69 Å². The number of halogens is 1. The summed E-state index contributed by atoms with van der Waals surface area (Å²) in [6.45, 7) is 0.662. The first-order valence-electron chi connectivity index (χ1n) is 4.27. The third-order valence-corrected chi connectivity index (χ3v) is 3.11. The van der Waals surface area contributed by atoms with Gasteiger partial charge in [-0.05, 0) is 34.7 Å². The van der Waals surface area contributed by atoms with Crippen molar-refractivity contribution in [2.75, 3.05) is 11.4 Å². The lowest BCUT2D eigenvalue weighted by Crippen LogP contribution is -2.25. The van der Waals surface area contributed by atoms with Crippen LogP contribution in [0.4, 0.5) is 5.82 Å². The van der Waals surface area contributed by atoms with Crippen molar-refractivity contribution in [3.05, 3.63) is 21.9 Å². The SMILES string of the molecule is O=C1CC(S)CN1c1cc(I)ccn1. The fraction of sp³-hybridized carbons (Fsp3) is 0.333. The van der Waals surface area contributed by atoms with Crippen LogP contribution in [-0.4, -0.2) is 22.7 Å². The van der Waals surface area contributed by atoms with Crippen molar-refractivity contribution < 1.29 is 4.79 Å². The van der Waals surface area contributed by atoms with Crippen LogP contribution >= 0.6 is 35.2 Å². The minimum absolute atomic E-state index is 0.111. The lowest BCUT2D eigenvalue weighted by atomic mass is 10.4. The van der Waals surface area contributed by atoms with Gasteiger partial charge in [0.1, 0.15) is 5.82 Å². The third kappa shape index (κ3) is 2.03. The molecule has 1 aromatic heterocycles. The van der Waals surface area contributed by atoms with Crippen molar-refractivity contribution in [1.29, 1.82) is 0 Å². The molecular formula is C9H9IN2OS. The number of carbonyl (C=O) groups excluding carboxylic acids is 1. The van der Waals surface area contributed by atoms with E-state index in [1.54, 1.807) is 11.1 Å². The van der Waals surface area contributed by atoms with Crippen LogP contribution in [0, 0.1) is 3.57 Å². The van der Waals surface area contributed by atoms with Crippen LogP contribution in [0.25, 0.3) is 0 Å². The van der Waals surface area contributed by atoms with E-state index in [9.17, 15) is 4.79 Å². The van der Waals surface area contributed by atoms with Gasteiger partial charge in [0.25, 0.3) is 0 Å². The van der Waals surface area contributed by atoms with Crippen molar-refractivity contribution in [3.63, 3.8) is 0 Å². The second kappa shape index (κ2) is 4.06. The van der Waals surface area contributed by atoms with Gasteiger partial charge in [0, 0.05) is 28.0 Å². The molecule has 1 unspecified atom stereocenters. The van der Waals surface area contributed by atoms with E-state index in [1.165, 1.54) is 0 Å². The number of aromatic nitrogens is 1. The average Bonchev–Trinajstić information content (AvgIpc) is 2.45. The minimum Gasteiger partial charge on any atom is -0.296 e. The Morgan fingerprint density at radius 2 is 2.43 bits per heavy atom. The Kier molecular flexibility index (Phi) is 2.96. The summed E-state index contributed by atoms with van der Waals surface area (Å²) in [7, 11) is 0. The van der Waals surface area contributed by atoms with E-state index in [0.29, 0.717) is 13.0 Å². The van der Waals surface area contributed by atoms with E-state index in [-0.39, 0.29) is 11.2 Å². The molecule has 1 atom stereocenters. The summed E-state index contributed by atoms with van der Waals surface area (Å²) in [5.74, 6) is 0.845. The van der Waals surface area contributed by atoms with Crippen LogP contribution < -0.4 is 4.90 Å². The molecule has 1 amide bonds. The number of rotatable bonds is 1. The number of amides is 1. The molecule has 0 spiro atoms.